The maximum atomic E-state index is 12.3. The standard InChI is InChI=1S/C22H27NO5/c1-6-7-13-10-15(24)27-21-16(13)20-14(8-9-22(4,5)28-20)19-17(21)18(23-25)11(2)12(3)26-19/h10-12,18H,6-9H2,1-5H3/t11-,12-,18+/m1/s1. The molecule has 1 aromatic heterocycles. The van der Waals surface area contributed by atoms with Crippen molar-refractivity contribution in [3.8, 4) is 11.5 Å². The molecule has 4 rings (SSSR count). The number of rotatable bonds is 3. The van der Waals surface area contributed by atoms with Crippen molar-refractivity contribution in [2.75, 3.05) is 0 Å². The van der Waals surface area contributed by atoms with Crippen LogP contribution in [0.5, 0.6) is 11.5 Å². The molecule has 2 aliphatic rings. The van der Waals surface area contributed by atoms with Gasteiger partial charge in [-0.15, -0.1) is 0 Å². The first kappa shape index (κ1) is 19.0. The third-order valence-corrected chi connectivity index (χ3v) is 6.13. The van der Waals surface area contributed by atoms with E-state index in [1.807, 2.05) is 13.8 Å². The lowest BCUT2D eigenvalue weighted by Gasteiger charge is -2.39. The Balaban J connectivity index is 2.16. The number of hydrogen-bond acceptors (Lipinski definition) is 6. The van der Waals surface area contributed by atoms with Gasteiger partial charge in [0, 0.05) is 17.5 Å². The van der Waals surface area contributed by atoms with Crippen molar-refractivity contribution in [2.45, 2.75) is 78.0 Å². The maximum absolute atomic E-state index is 12.3. The second-order valence-electron chi connectivity index (χ2n) is 8.69. The number of ether oxygens (including phenoxy) is 2. The summed E-state index contributed by atoms with van der Waals surface area (Å²) in [5, 5.41) is 4.21. The quantitative estimate of drug-likeness (QED) is 0.544. The predicted molar refractivity (Wildman–Crippen MR) is 107 cm³/mol. The highest BCUT2D eigenvalue weighted by molar-refractivity contribution is 5.94. The van der Waals surface area contributed by atoms with Crippen LogP contribution in [0.2, 0.25) is 0 Å². The molecule has 0 bridgehead atoms. The second-order valence-corrected chi connectivity index (χ2v) is 8.69. The highest BCUT2D eigenvalue weighted by Crippen LogP contribution is 2.53. The van der Waals surface area contributed by atoms with Gasteiger partial charge in [0.2, 0.25) is 0 Å². The summed E-state index contributed by atoms with van der Waals surface area (Å²) in [6, 6.07) is 0.921. The third kappa shape index (κ3) is 2.81. The van der Waals surface area contributed by atoms with E-state index in [0.29, 0.717) is 16.9 Å². The first-order valence-corrected chi connectivity index (χ1v) is 10.1. The molecule has 2 aliphatic heterocycles. The molecule has 150 valence electrons. The molecule has 0 spiro atoms. The Hall–Kier alpha value is -2.37. The first-order valence-electron chi connectivity index (χ1n) is 10.1. The van der Waals surface area contributed by atoms with Gasteiger partial charge >= 0.3 is 5.63 Å². The van der Waals surface area contributed by atoms with Gasteiger partial charge in [-0.3, -0.25) is 0 Å². The molecule has 0 saturated carbocycles. The highest BCUT2D eigenvalue weighted by Gasteiger charge is 2.42. The van der Waals surface area contributed by atoms with Crippen LogP contribution in [0.1, 0.15) is 70.2 Å². The Labute approximate surface area is 164 Å². The number of aryl methyl sites for hydroxylation is 1. The van der Waals surface area contributed by atoms with Crippen LogP contribution in [0.15, 0.2) is 20.5 Å². The van der Waals surface area contributed by atoms with Crippen LogP contribution in [-0.4, -0.2) is 11.7 Å². The van der Waals surface area contributed by atoms with E-state index < -0.39 is 11.7 Å². The van der Waals surface area contributed by atoms with Crippen LogP contribution in [0.4, 0.5) is 0 Å². The van der Waals surface area contributed by atoms with Gasteiger partial charge in [-0.05, 0) is 45.6 Å². The fourth-order valence-electron chi connectivity index (χ4n) is 4.42. The SMILES string of the molecule is CCCc1cc(=O)oc2c3c(c4c(c12)OC(C)(C)CC4)O[C@H](C)[C@@H](C)[C@@H]3N=O. The van der Waals surface area contributed by atoms with Gasteiger partial charge in [-0.2, -0.15) is 4.91 Å². The lowest BCUT2D eigenvalue weighted by molar-refractivity contribution is 0.0790. The van der Waals surface area contributed by atoms with Crippen LogP contribution in [-0.2, 0) is 12.8 Å². The summed E-state index contributed by atoms with van der Waals surface area (Å²) in [5.74, 6) is 1.22. The van der Waals surface area contributed by atoms with Crippen molar-refractivity contribution in [3.63, 3.8) is 0 Å². The molecule has 3 atom stereocenters. The third-order valence-electron chi connectivity index (χ3n) is 6.13. The molecule has 0 amide bonds. The molecule has 0 unspecified atom stereocenters. The molecule has 3 heterocycles. The number of nitrogens with zero attached hydrogens (tertiary/aromatic N) is 1. The second kappa shape index (κ2) is 6.61. The molecule has 0 saturated heterocycles. The molecule has 0 fully saturated rings. The zero-order valence-corrected chi connectivity index (χ0v) is 17.1. The Kier molecular flexibility index (Phi) is 4.47. The van der Waals surface area contributed by atoms with Crippen molar-refractivity contribution in [1.29, 1.82) is 0 Å². The first-order chi connectivity index (χ1) is 13.3. The van der Waals surface area contributed by atoms with Crippen molar-refractivity contribution >= 4 is 11.0 Å². The van der Waals surface area contributed by atoms with Gasteiger partial charge in [-0.25, -0.2) is 4.79 Å². The summed E-state index contributed by atoms with van der Waals surface area (Å²) >= 11 is 0. The molecule has 0 radical (unpaired) electrons. The van der Waals surface area contributed by atoms with Gasteiger partial charge in [0.25, 0.3) is 0 Å². The summed E-state index contributed by atoms with van der Waals surface area (Å²) in [7, 11) is 0. The van der Waals surface area contributed by atoms with E-state index >= 15 is 0 Å². The highest BCUT2D eigenvalue weighted by atomic mass is 16.5. The predicted octanol–water partition coefficient (Wildman–Crippen LogP) is 5.07. The molecular weight excluding hydrogens is 358 g/mol. The minimum Gasteiger partial charge on any atom is -0.489 e. The molecule has 6 heteroatoms. The van der Waals surface area contributed by atoms with Crippen LogP contribution < -0.4 is 15.1 Å². The largest absolute Gasteiger partial charge is 0.489 e. The van der Waals surface area contributed by atoms with Gasteiger partial charge in [0.05, 0.1) is 10.9 Å². The van der Waals surface area contributed by atoms with Crippen molar-refractivity contribution in [1.82, 2.24) is 0 Å². The summed E-state index contributed by atoms with van der Waals surface area (Å²) in [5.41, 5.74) is 2.09. The Bertz CT molecular complexity index is 1010. The van der Waals surface area contributed by atoms with E-state index in [1.165, 1.54) is 0 Å². The molecule has 28 heavy (non-hydrogen) atoms. The minimum atomic E-state index is -0.624. The summed E-state index contributed by atoms with van der Waals surface area (Å²) < 4.78 is 18.3. The van der Waals surface area contributed by atoms with E-state index in [2.05, 4.69) is 25.9 Å². The summed E-state index contributed by atoms with van der Waals surface area (Å²) in [6.07, 6.45) is 3.05. The van der Waals surface area contributed by atoms with Crippen LogP contribution >= 0.6 is 0 Å². The van der Waals surface area contributed by atoms with Crippen LogP contribution in [0.25, 0.3) is 11.0 Å². The molecule has 0 N–H and O–H groups in total. The van der Waals surface area contributed by atoms with E-state index in [1.54, 1.807) is 6.07 Å². The van der Waals surface area contributed by atoms with Crippen molar-refractivity contribution < 1.29 is 13.9 Å². The average molecular weight is 385 g/mol. The number of fused-ring (bicyclic) bond motifs is 6. The smallest absolute Gasteiger partial charge is 0.336 e. The fourth-order valence-corrected chi connectivity index (χ4v) is 4.42. The normalized spacial score (nSPS) is 25.4. The Morgan fingerprint density at radius 1 is 1.25 bits per heavy atom. The molecule has 6 nitrogen and oxygen atoms in total. The van der Waals surface area contributed by atoms with Crippen molar-refractivity contribution in [2.24, 2.45) is 11.1 Å². The van der Waals surface area contributed by atoms with E-state index in [4.69, 9.17) is 13.9 Å². The van der Waals surface area contributed by atoms with Gasteiger partial charge < -0.3 is 13.9 Å². The van der Waals surface area contributed by atoms with Gasteiger partial charge in [0.15, 0.2) is 5.58 Å². The average Bonchev–Trinajstić information content (AvgIpc) is 2.62. The molecule has 1 aromatic carbocycles. The van der Waals surface area contributed by atoms with Crippen LogP contribution in [0, 0.1) is 10.8 Å². The van der Waals surface area contributed by atoms with Gasteiger partial charge in [-0.1, -0.05) is 25.4 Å². The zero-order chi connectivity index (χ0) is 20.2. The van der Waals surface area contributed by atoms with E-state index in [-0.39, 0.29) is 17.6 Å². The summed E-state index contributed by atoms with van der Waals surface area (Å²) in [4.78, 5) is 24.2. The van der Waals surface area contributed by atoms with E-state index in [0.717, 1.165) is 47.9 Å². The number of hydrogen-bond donors (Lipinski definition) is 0. The Morgan fingerprint density at radius 2 is 2.00 bits per heavy atom. The monoisotopic (exact) mass is 385 g/mol. The van der Waals surface area contributed by atoms with Crippen LogP contribution in [0.3, 0.4) is 0 Å². The topological polar surface area (TPSA) is 78.1 Å². The molecular formula is C22H27NO5. The maximum Gasteiger partial charge on any atom is 0.336 e. The lowest BCUT2D eigenvalue weighted by Crippen LogP contribution is -2.36. The molecule has 2 aromatic rings. The minimum absolute atomic E-state index is 0.118. The van der Waals surface area contributed by atoms with E-state index in [9.17, 15) is 9.70 Å². The van der Waals surface area contributed by atoms with Gasteiger partial charge in [0.1, 0.15) is 29.2 Å². The lowest BCUT2D eigenvalue weighted by atomic mass is 9.82. The number of nitroso groups, excluding NO2 is 1. The van der Waals surface area contributed by atoms with Crippen molar-refractivity contribution in [3.05, 3.63) is 38.1 Å². The summed E-state index contributed by atoms with van der Waals surface area (Å²) in [6.45, 7) is 10.1. The fraction of sp³-hybridized carbons (Fsp3) is 0.591. The number of benzene rings is 1. The Morgan fingerprint density at radius 3 is 2.68 bits per heavy atom. The molecule has 0 aliphatic carbocycles. The zero-order valence-electron chi connectivity index (χ0n) is 17.1.